The summed E-state index contributed by atoms with van der Waals surface area (Å²) in [5.74, 6) is -0.577. The lowest BCUT2D eigenvalue weighted by Crippen LogP contribution is -2.53. The fourth-order valence-electron chi connectivity index (χ4n) is 4.27. The van der Waals surface area contributed by atoms with Crippen LogP contribution in [0.1, 0.15) is 42.4 Å². The first kappa shape index (κ1) is 16.0. The van der Waals surface area contributed by atoms with E-state index in [0.29, 0.717) is 6.54 Å². The van der Waals surface area contributed by atoms with Crippen LogP contribution in [0.25, 0.3) is 0 Å². The predicted molar refractivity (Wildman–Crippen MR) is 87.9 cm³/mol. The number of carboxylic acids is 1. The van der Waals surface area contributed by atoms with Crippen LogP contribution in [0.3, 0.4) is 0 Å². The monoisotopic (exact) mass is 315 g/mol. The summed E-state index contributed by atoms with van der Waals surface area (Å²) in [5, 5.41) is 8.99. The maximum atomic E-state index is 12.6. The van der Waals surface area contributed by atoms with Gasteiger partial charge in [-0.3, -0.25) is 9.59 Å². The van der Waals surface area contributed by atoms with Crippen LogP contribution in [0.2, 0.25) is 0 Å². The molecule has 0 saturated heterocycles. The Bertz CT molecular complexity index is 638. The third-order valence-corrected chi connectivity index (χ3v) is 5.70. The van der Waals surface area contributed by atoms with Gasteiger partial charge in [0.05, 0.1) is 5.92 Å². The van der Waals surface area contributed by atoms with Crippen molar-refractivity contribution >= 4 is 11.9 Å². The molecule has 124 valence electrons. The number of benzene rings is 1. The van der Waals surface area contributed by atoms with Gasteiger partial charge in [-0.25, -0.2) is 0 Å². The van der Waals surface area contributed by atoms with Gasteiger partial charge in [-0.05, 0) is 56.1 Å². The molecule has 2 fully saturated rings. The molecule has 0 aliphatic heterocycles. The lowest BCUT2D eigenvalue weighted by Gasteiger charge is -2.56. The minimum Gasteiger partial charge on any atom is -0.481 e. The Morgan fingerprint density at radius 1 is 1.17 bits per heavy atom. The number of carbonyl (C=O) groups excluding carboxylic acids is 1. The fourth-order valence-corrected chi connectivity index (χ4v) is 4.27. The summed E-state index contributed by atoms with van der Waals surface area (Å²) < 4.78 is 0. The Kier molecular flexibility index (Phi) is 3.95. The molecule has 1 spiro atoms. The normalized spacial score (nSPS) is 28.8. The van der Waals surface area contributed by atoms with Gasteiger partial charge in [-0.2, -0.15) is 0 Å². The zero-order chi connectivity index (χ0) is 16.8. The van der Waals surface area contributed by atoms with E-state index in [-0.39, 0.29) is 23.2 Å². The van der Waals surface area contributed by atoms with Crippen molar-refractivity contribution in [1.29, 1.82) is 0 Å². The van der Waals surface area contributed by atoms with E-state index in [1.807, 2.05) is 11.9 Å². The van der Waals surface area contributed by atoms with E-state index < -0.39 is 5.97 Å². The molecular weight excluding hydrogens is 290 g/mol. The van der Waals surface area contributed by atoms with Crippen LogP contribution < -0.4 is 0 Å². The van der Waals surface area contributed by atoms with E-state index in [9.17, 15) is 9.59 Å². The highest BCUT2D eigenvalue weighted by atomic mass is 16.4. The molecule has 4 heteroatoms. The van der Waals surface area contributed by atoms with Gasteiger partial charge in [0.25, 0.3) is 0 Å². The average Bonchev–Trinajstić information content (AvgIpc) is 2.39. The van der Waals surface area contributed by atoms with Crippen molar-refractivity contribution < 1.29 is 14.7 Å². The van der Waals surface area contributed by atoms with Crippen LogP contribution in [-0.2, 0) is 16.1 Å². The Morgan fingerprint density at radius 2 is 1.78 bits per heavy atom. The summed E-state index contributed by atoms with van der Waals surface area (Å²) in [7, 11) is 1.87. The molecular formula is C19H25NO3. The van der Waals surface area contributed by atoms with Crippen LogP contribution >= 0.6 is 0 Å². The zero-order valence-corrected chi connectivity index (χ0v) is 14.1. The summed E-state index contributed by atoms with van der Waals surface area (Å²) in [4.78, 5) is 25.3. The average molecular weight is 315 g/mol. The molecule has 1 N–H and O–H groups in total. The van der Waals surface area contributed by atoms with Crippen molar-refractivity contribution in [2.75, 3.05) is 7.05 Å². The lowest BCUT2D eigenvalue weighted by atomic mass is 9.48. The molecule has 0 unspecified atom stereocenters. The fraction of sp³-hybridized carbons (Fsp3) is 0.579. The van der Waals surface area contributed by atoms with Gasteiger partial charge >= 0.3 is 5.97 Å². The van der Waals surface area contributed by atoms with Crippen molar-refractivity contribution in [1.82, 2.24) is 4.90 Å². The molecule has 0 aromatic heterocycles. The largest absolute Gasteiger partial charge is 0.481 e. The van der Waals surface area contributed by atoms with Crippen molar-refractivity contribution in [3.05, 3.63) is 34.9 Å². The number of rotatable bonds is 4. The number of aliphatic carboxylic acids is 1. The first-order valence-electron chi connectivity index (χ1n) is 8.34. The maximum Gasteiger partial charge on any atom is 0.306 e. The van der Waals surface area contributed by atoms with E-state index >= 15 is 0 Å². The van der Waals surface area contributed by atoms with Crippen molar-refractivity contribution in [3.8, 4) is 0 Å². The molecule has 2 aliphatic rings. The highest BCUT2D eigenvalue weighted by molar-refractivity contribution is 5.80. The third-order valence-electron chi connectivity index (χ3n) is 5.70. The second kappa shape index (κ2) is 5.66. The Hall–Kier alpha value is -1.84. The smallest absolute Gasteiger partial charge is 0.306 e. The van der Waals surface area contributed by atoms with Crippen LogP contribution in [0.5, 0.6) is 0 Å². The topological polar surface area (TPSA) is 57.6 Å². The predicted octanol–water partition coefficient (Wildman–Crippen LogP) is 3.15. The molecule has 0 radical (unpaired) electrons. The maximum absolute atomic E-state index is 12.6. The number of carbonyl (C=O) groups is 2. The molecule has 3 rings (SSSR count). The van der Waals surface area contributed by atoms with Crippen molar-refractivity contribution in [2.45, 2.75) is 46.1 Å². The van der Waals surface area contributed by atoms with Gasteiger partial charge in [-0.1, -0.05) is 23.8 Å². The summed E-state index contributed by atoms with van der Waals surface area (Å²) in [6.45, 7) is 4.79. The van der Waals surface area contributed by atoms with Crippen LogP contribution in [-0.4, -0.2) is 28.9 Å². The molecule has 2 saturated carbocycles. The molecule has 0 atom stereocenters. The summed E-state index contributed by atoms with van der Waals surface area (Å²) in [6, 6.07) is 6.33. The Labute approximate surface area is 137 Å². The molecule has 0 bridgehead atoms. The molecule has 2 aliphatic carbocycles. The van der Waals surface area contributed by atoms with Gasteiger partial charge in [0.15, 0.2) is 0 Å². The second-order valence-corrected chi connectivity index (χ2v) is 7.67. The van der Waals surface area contributed by atoms with Crippen molar-refractivity contribution in [3.63, 3.8) is 0 Å². The van der Waals surface area contributed by atoms with E-state index in [1.54, 1.807) is 0 Å². The minimum absolute atomic E-state index is 0.0832. The minimum atomic E-state index is -0.683. The number of amides is 1. The SMILES string of the molecule is Cc1ccc(C)c(CN(C)C(=O)C2CC3(CC(C(=O)O)C3)C2)c1. The summed E-state index contributed by atoms with van der Waals surface area (Å²) in [5.41, 5.74) is 3.78. The standard InChI is InChI=1S/C19H25NO3/c1-12-4-5-13(2)14(6-12)11-20(3)17(21)15-7-19(8-15)9-16(10-19)18(22)23/h4-6,15-16H,7-11H2,1-3H3,(H,22,23). The number of hydrogen-bond acceptors (Lipinski definition) is 2. The molecule has 1 aromatic carbocycles. The van der Waals surface area contributed by atoms with E-state index in [2.05, 4.69) is 32.0 Å². The molecule has 23 heavy (non-hydrogen) atoms. The van der Waals surface area contributed by atoms with E-state index in [4.69, 9.17) is 5.11 Å². The highest BCUT2D eigenvalue weighted by Crippen LogP contribution is 2.61. The molecule has 0 heterocycles. The van der Waals surface area contributed by atoms with Gasteiger partial charge in [0.1, 0.15) is 0 Å². The van der Waals surface area contributed by atoms with Crippen LogP contribution in [0.15, 0.2) is 18.2 Å². The van der Waals surface area contributed by atoms with Crippen LogP contribution in [0.4, 0.5) is 0 Å². The quantitative estimate of drug-likeness (QED) is 0.928. The summed E-state index contributed by atoms with van der Waals surface area (Å²) in [6.07, 6.45) is 3.25. The Balaban J connectivity index is 1.54. The lowest BCUT2D eigenvalue weighted by molar-refractivity contribution is -0.164. The van der Waals surface area contributed by atoms with E-state index in [0.717, 1.165) is 25.7 Å². The number of hydrogen-bond donors (Lipinski definition) is 1. The third kappa shape index (κ3) is 2.99. The Morgan fingerprint density at radius 3 is 2.39 bits per heavy atom. The van der Waals surface area contributed by atoms with Gasteiger partial charge in [0.2, 0.25) is 5.91 Å². The highest BCUT2D eigenvalue weighted by Gasteiger charge is 2.56. The number of carboxylic acid groups (broad SMARTS) is 1. The molecule has 1 aromatic rings. The van der Waals surface area contributed by atoms with Gasteiger partial charge in [0, 0.05) is 19.5 Å². The van der Waals surface area contributed by atoms with Crippen molar-refractivity contribution in [2.24, 2.45) is 17.3 Å². The van der Waals surface area contributed by atoms with Gasteiger partial charge in [-0.15, -0.1) is 0 Å². The van der Waals surface area contributed by atoms with E-state index in [1.165, 1.54) is 16.7 Å². The molecule has 1 amide bonds. The first-order chi connectivity index (χ1) is 10.8. The zero-order valence-electron chi connectivity index (χ0n) is 14.1. The first-order valence-corrected chi connectivity index (χ1v) is 8.34. The second-order valence-electron chi connectivity index (χ2n) is 7.67. The number of nitrogens with zero attached hydrogens (tertiary/aromatic N) is 1. The summed E-state index contributed by atoms with van der Waals surface area (Å²) >= 11 is 0. The van der Waals surface area contributed by atoms with Gasteiger partial charge < -0.3 is 10.0 Å². The van der Waals surface area contributed by atoms with Crippen LogP contribution in [0, 0.1) is 31.1 Å². The number of aryl methyl sites for hydroxylation is 2. The molecule has 4 nitrogen and oxygen atoms in total.